The minimum absolute atomic E-state index is 0.761. The first kappa shape index (κ1) is 13.9. The minimum Gasteiger partial charge on any atom is -0.491 e. The molecule has 0 amide bonds. The molecular weight excluding hydrogens is 314 g/mol. The highest BCUT2D eigenvalue weighted by Crippen LogP contribution is 2.32. The summed E-state index contributed by atoms with van der Waals surface area (Å²) in [6.45, 7) is 4.24. The summed E-state index contributed by atoms with van der Waals surface area (Å²) in [4.78, 5) is 2.50. The van der Waals surface area contributed by atoms with Crippen molar-refractivity contribution in [2.75, 3.05) is 26.2 Å². The van der Waals surface area contributed by atoms with Crippen molar-refractivity contribution in [2.45, 2.75) is 19.3 Å². The first-order chi connectivity index (χ1) is 9.84. The van der Waals surface area contributed by atoms with Gasteiger partial charge in [0, 0.05) is 6.54 Å². The van der Waals surface area contributed by atoms with E-state index in [-0.39, 0.29) is 0 Å². The van der Waals surface area contributed by atoms with Gasteiger partial charge in [-0.2, -0.15) is 0 Å². The van der Waals surface area contributed by atoms with Gasteiger partial charge >= 0.3 is 0 Å². The van der Waals surface area contributed by atoms with E-state index in [1.807, 2.05) is 0 Å². The van der Waals surface area contributed by atoms with Gasteiger partial charge in [0.1, 0.15) is 12.4 Å². The predicted octanol–water partition coefficient (Wildman–Crippen LogP) is 4.47. The summed E-state index contributed by atoms with van der Waals surface area (Å²) >= 11 is 3.67. The van der Waals surface area contributed by atoms with Gasteiger partial charge in [0.25, 0.3) is 0 Å². The molecule has 2 aromatic rings. The molecular formula is C17H20BrNO. The van der Waals surface area contributed by atoms with Crippen molar-refractivity contribution < 1.29 is 4.74 Å². The van der Waals surface area contributed by atoms with Crippen molar-refractivity contribution in [3.63, 3.8) is 0 Å². The van der Waals surface area contributed by atoms with Crippen LogP contribution in [0.25, 0.3) is 10.8 Å². The SMILES string of the molecule is Brc1c(OCCN2CCCCC2)ccc2ccccc12. The molecule has 20 heavy (non-hydrogen) atoms. The topological polar surface area (TPSA) is 12.5 Å². The quantitative estimate of drug-likeness (QED) is 0.818. The first-order valence-corrected chi connectivity index (χ1v) is 8.16. The number of rotatable bonds is 4. The number of benzene rings is 2. The molecule has 0 unspecified atom stereocenters. The monoisotopic (exact) mass is 333 g/mol. The average molecular weight is 334 g/mol. The molecule has 0 atom stereocenters. The second-order valence-corrected chi connectivity index (χ2v) is 6.14. The van der Waals surface area contributed by atoms with Gasteiger partial charge in [-0.25, -0.2) is 0 Å². The zero-order valence-corrected chi connectivity index (χ0v) is 13.2. The van der Waals surface area contributed by atoms with Crippen molar-refractivity contribution in [3.8, 4) is 5.75 Å². The van der Waals surface area contributed by atoms with Crippen molar-refractivity contribution in [1.82, 2.24) is 4.90 Å². The van der Waals surface area contributed by atoms with E-state index in [4.69, 9.17) is 4.74 Å². The van der Waals surface area contributed by atoms with E-state index in [0.717, 1.165) is 23.4 Å². The van der Waals surface area contributed by atoms with E-state index in [1.165, 1.54) is 43.1 Å². The molecule has 106 valence electrons. The third kappa shape index (κ3) is 3.15. The summed E-state index contributed by atoms with van der Waals surface area (Å²) in [7, 11) is 0. The third-order valence-electron chi connectivity index (χ3n) is 3.94. The Hall–Kier alpha value is -1.06. The predicted molar refractivity (Wildman–Crippen MR) is 87.4 cm³/mol. The second kappa shape index (κ2) is 6.59. The number of hydrogen-bond acceptors (Lipinski definition) is 2. The maximum atomic E-state index is 5.96. The number of halogens is 1. The molecule has 1 aliphatic heterocycles. The lowest BCUT2D eigenvalue weighted by Gasteiger charge is -2.26. The molecule has 0 spiro atoms. The highest BCUT2D eigenvalue weighted by Gasteiger charge is 2.10. The highest BCUT2D eigenvalue weighted by atomic mass is 79.9. The molecule has 1 fully saturated rings. The Morgan fingerprint density at radius 2 is 1.80 bits per heavy atom. The van der Waals surface area contributed by atoms with Crippen molar-refractivity contribution in [2.24, 2.45) is 0 Å². The Balaban J connectivity index is 1.63. The summed E-state index contributed by atoms with van der Waals surface area (Å²) in [5.74, 6) is 0.945. The van der Waals surface area contributed by atoms with Crippen LogP contribution in [-0.2, 0) is 0 Å². The van der Waals surface area contributed by atoms with Crippen LogP contribution in [-0.4, -0.2) is 31.1 Å². The standard InChI is InChI=1S/C17H20BrNO/c18-17-15-7-3-2-6-14(15)8-9-16(17)20-13-12-19-10-4-1-5-11-19/h2-3,6-9H,1,4-5,10-13H2. The van der Waals surface area contributed by atoms with Gasteiger partial charge in [-0.1, -0.05) is 36.8 Å². The summed E-state index contributed by atoms with van der Waals surface area (Å²) in [5.41, 5.74) is 0. The van der Waals surface area contributed by atoms with Crippen LogP contribution >= 0.6 is 15.9 Å². The molecule has 3 heteroatoms. The Kier molecular flexibility index (Phi) is 4.58. The van der Waals surface area contributed by atoms with Gasteiger partial charge < -0.3 is 4.74 Å². The molecule has 2 aromatic carbocycles. The van der Waals surface area contributed by atoms with Gasteiger partial charge in [-0.15, -0.1) is 0 Å². The van der Waals surface area contributed by atoms with E-state index >= 15 is 0 Å². The fourth-order valence-corrected chi connectivity index (χ4v) is 3.40. The van der Waals surface area contributed by atoms with Crippen molar-refractivity contribution >= 4 is 26.7 Å². The van der Waals surface area contributed by atoms with Crippen LogP contribution in [0.4, 0.5) is 0 Å². The van der Waals surface area contributed by atoms with Gasteiger partial charge in [-0.05, 0) is 58.7 Å². The molecule has 0 aromatic heterocycles. The van der Waals surface area contributed by atoms with Crippen LogP contribution in [0, 0.1) is 0 Å². The number of fused-ring (bicyclic) bond motifs is 1. The number of ether oxygens (including phenoxy) is 1. The Morgan fingerprint density at radius 1 is 1.00 bits per heavy atom. The second-order valence-electron chi connectivity index (χ2n) is 5.35. The van der Waals surface area contributed by atoms with Gasteiger partial charge in [0.05, 0.1) is 4.47 Å². The summed E-state index contributed by atoms with van der Waals surface area (Å²) in [6.07, 6.45) is 4.05. The molecule has 0 N–H and O–H groups in total. The molecule has 0 aliphatic carbocycles. The molecule has 1 heterocycles. The molecule has 0 saturated carbocycles. The summed E-state index contributed by atoms with van der Waals surface area (Å²) in [5, 5.41) is 2.45. The van der Waals surface area contributed by atoms with Crippen LogP contribution in [0.3, 0.4) is 0 Å². The van der Waals surface area contributed by atoms with E-state index in [2.05, 4.69) is 57.2 Å². The molecule has 0 radical (unpaired) electrons. The summed E-state index contributed by atoms with van der Waals surface area (Å²) < 4.78 is 7.02. The smallest absolute Gasteiger partial charge is 0.134 e. The fourth-order valence-electron chi connectivity index (χ4n) is 2.79. The van der Waals surface area contributed by atoms with Crippen molar-refractivity contribution in [1.29, 1.82) is 0 Å². The fraction of sp³-hybridized carbons (Fsp3) is 0.412. The number of nitrogens with zero attached hydrogens (tertiary/aromatic N) is 1. The van der Waals surface area contributed by atoms with Crippen LogP contribution in [0.1, 0.15) is 19.3 Å². The van der Waals surface area contributed by atoms with Crippen LogP contribution in [0.5, 0.6) is 5.75 Å². The Labute approximate surface area is 128 Å². The summed E-state index contributed by atoms with van der Waals surface area (Å²) in [6, 6.07) is 12.5. The maximum absolute atomic E-state index is 5.96. The van der Waals surface area contributed by atoms with Crippen LogP contribution in [0.15, 0.2) is 40.9 Å². The molecule has 2 nitrogen and oxygen atoms in total. The van der Waals surface area contributed by atoms with E-state index in [1.54, 1.807) is 0 Å². The lowest BCUT2D eigenvalue weighted by Crippen LogP contribution is -2.33. The number of piperidine rings is 1. The van der Waals surface area contributed by atoms with Gasteiger partial charge in [0.15, 0.2) is 0 Å². The number of likely N-dealkylation sites (tertiary alicyclic amines) is 1. The normalized spacial score (nSPS) is 16.4. The van der Waals surface area contributed by atoms with Crippen LogP contribution < -0.4 is 4.74 Å². The zero-order chi connectivity index (χ0) is 13.8. The lowest BCUT2D eigenvalue weighted by atomic mass is 10.1. The third-order valence-corrected chi connectivity index (χ3v) is 4.76. The van der Waals surface area contributed by atoms with Gasteiger partial charge in [0.2, 0.25) is 0 Å². The maximum Gasteiger partial charge on any atom is 0.134 e. The van der Waals surface area contributed by atoms with E-state index in [9.17, 15) is 0 Å². The first-order valence-electron chi connectivity index (χ1n) is 7.37. The molecule has 1 saturated heterocycles. The Bertz CT molecular complexity index is 578. The van der Waals surface area contributed by atoms with Crippen LogP contribution in [0.2, 0.25) is 0 Å². The van der Waals surface area contributed by atoms with Gasteiger partial charge in [-0.3, -0.25) is 4.90 Å². The van der Waals surface area contributed by atoms with E-state index < -0.39 is 0 Å². The lowest BCUT2D eigenvalue weighted by molar-refractivity contribution is 0.183. The molecule has 0 bridgehead atoms. The Morgan fingerprint density at radius 3 is 2.65 bits per heavy atom. The zero-order valence-electron chi connectivity index (χ0n) is 11.6. The van der Waals surface area contributed by atoms with E-state index in [0.29, 0.717) is 0 Å². The molecule has 1 aliphatic rings. The van der Waals surface area contributed by atoms with Crippen molar-refractivity contribution in [3.05, 3.63) is 40.9 Å². The largest absolute Gasteiger partial charge is 0.491 e. The molecule has 3 rings (SSSR count). The number of hydrogen-bond donors (Lipinski definition) is 0. The minimum atomic E-state index is 0.761. The highest BCUT2D eigenvalue weighted by molar-refractivity contribution is 9.10. The average Bonchev–Trinajstić information content (AvgIpc) is 2.51.